The van der Waals surface area contributed by atoms with Gasteiger partial charge >= 0.3 is 0 Å². The minimum absolute atomic E-state index is 0.327. The van der Waals surface area contributed by atoms with Crippen LogP contribution in [-0.4, -0.2) is 11.9 Å². The third kappa shape index (κ3) is 6.23. The fourth-order valence-electron chi connectivity index (χ4n) is 1.73. The molecule has 0 aliphatic heterocycles. The van der Waals surface area contributed by atoms with Crippen LogP contribution >= 0.6 is 9.24 Å². The first kappa shape index (κ1) is 15.6. The third-order valence-electron chi connectivity index (χ3n) is 2.50. The first-order valence-corrected chi connectivity index (χ1v) is 6.54. The number of aliphatic imine (C=N–C) groups is 1. The highest BCUT2D eigenvalue weighted by molar-refractivity contribution is 7.17. The van der Waals surface area contributed by atoms with Crippen LogP contribution < -0.4 is 0 Å². The summed E-state index contributed by atoms with van der Waals surface area (Å²) in [6, 6.07) is 0. The Balaban J connectivity index is 4.95. The molecule has 0 saturated heterocycles. The third-order valence-corrected chi connectivity index (χ3v) is 2.97. The summed E-state index contributed by atoms with van der Waals surface area (Å²) in [5.74, 6) is 0.506. The predicted octanol–water partition coefficient (Wildman–Crippen LogP) is 4.46. The zero-order valence-electron chi connectivity index (χ0n) is 11.3. The lowest BCUT2D eigenvalue weighted by Crippen LogP contribution is -2.20. The average Bonchev–Trinajstić information content (AvgIpc) is 2.15. The molecule has 0 aliphatic rings. The van der Waals surface area contributed by atoms with Gasteiger partial charge < -0.3 is 0 Å². The Hall–Kier alpha value is -0.420. The van der Waals surface area contributed by atoms with Crippen molar-refractivity contribution in [1.82, 2.24) is 0 Å². The molecule has 3 atom stereocenters. The normalized spacial score (nSPS) is 17.5. The highest BCUT2D eigenvalue weighted by Crippen LogP contribution is 2.34. The van der Waals surface area contributed by atoms with Crippen LogP contribution in [0.3, 0.4) is 0 Å². The molecule has 1 nitrogen and oxygen atoms in total. The summed E-state index contributed by atoms with van der Waals surface area (Å²) in [6.07, 6.45) is 6.83. The minimum Gasteiger partial charge on any atom is -0.269 e. The molecular weight excluding hydrogens is 213 g/mol. The van der Waals surface area contributed by atoms with Gasteiger partial charge in [-0.1, -0.05) is 40.3 Å². The Kier molecular flexibility index (Phi) is 6.83. The van der Waals surface area contributed by atoms with Crippen LogP contribution in [0, 0.1) is 11.3 Å². The van der Waals surface area contributed by atoms with Crippen molar-refractivity contribution in [2.45, 2.75) is 46.7 Å². The van der Waals surface area contributed by atoms with Crippen molar-refractivity contribution in [3.8, 4) is 0 Å². The molecule has 2 heteroatoms. The van der Waals surface area contributed by atoms with Crippen LogP contribution in [-0.2, 0) is 0 Å². The lowest BCUT2D eigenvalue weighted by Gasteiger charge is -2.29. The summed E-state index contributed by atoms with van der Waals surface area (Å²) in [7, 11) is 2.90. The second kappa shape index (κ2) is 7.01. The molecule has 3 unspecified atom stereocenters. The number of allylic oxidation sites excluding steroid dienone is 2. The highest BCUT2D eigenvalue weighted by Gasteiger charge is 2.23. The minimum atomic E-state index is 0.327. The fourth-order valence-corrected chi connectivity index (χ4v) is 2.09. The van der Waals surface area contributed by atoms with E-state index in [1.807, 2.05) is 25.4 Å². The molecule has 0 rings (SSSR count). The zero-order chi connectivity index (χ0) is 12.8. The Labute approximate surface area is 103 Å². The van der Waals surface area contributed by atoms with E-state index in [-0.39, 0.29) is 0 Å². The van der Waals surface area contributed by atoms with Crippen molar-refractivity contribution < 1.29 is 0 Å². The molecule has 0 saturated carbocycles. The largest absolute Gasteiger partial charge is 0.269 e. The van der Waals surface area contributed by atoms with Crippen LogP contribution in [0.5, 0.6) is 0 Å². The van der Waals surface area contributed by atoms with E-state index in [1.54, 1.807) is 0 Å². The first-order chi connectivity index (χ1) is 7.31. The molecule has 0 aromatic heterocycles. The SMILES string of the molecule is C=C/C(=C\N=CC)C(CC(C)(C)C)C(C)P. The summed E-state index contributed by atoms with van der Waals surface area (Å²) < 4.78 is 0. The maximum atomic E-state index is 4.21. The molecule has 0 aromatic carbocycles. The van der Waals surface area contributed by atoms with Gasteiger partial charge in [-0.2, -0.15) is 0 Å². The number of hydrogen-bond acceptors (Lipinski definition) is 1. The molecule has 0 aromatic rings. The fraction of sp³-hybridized carbons (Fsp3) is 0.643. The standard InChI is InChI=1S/C14H26NP/c1-7-12(10-15-8-2)13(11(3)16)9-14(4,5)6/h7-8,10-11,13H,1,9,16H2,2-6H3/b12-10+,15-8?. The van der Waals surface area contributed by atoms with Crippen LogP contribution in [0.4, 0.5) is 0 Å². The van der Waals surface area contributed by atoms with Crippen molar-refractivity contribution in [1.29, 1.82) is 0 Å². The molecule has 0 aliphatic carbocycles. The second-order valence-corrected chi connectivity index (χ2v) is 6.52. The first-order valence-electron chi connectivity index (χ1n) is 5.87. The van der Waals surface area contributed by atoms with E-state index in [2.05, 4.69) is 48.5 Å². The summed E-state index contributed by atoms with van der Waals surface area (Å²) >= 11 is 0. The van der Waals surface area contributed by atoms with E-state index in [9.17, 15) is 0 Å². The van der Waals surface area contributed by atoms with Gasteiger partial charge in [0.15, 0.2) is 0 Å². The Morgan fingerprint density at radius 1 is 1.44 bits per heavy atom. The van der Waals surface area contributed by atoms with Crippen molar-refractivity contribution in [3.63, 3.8) is 0 Å². The van der Waals surface area contributed by atoms with Gasteiger partial charge in [0, 0.05) is 12.4 Å². The summed E-state index contributed by atoms with van der Waals surface area (Å²) in [4.78, 5) is 4.21. The molecule has 0 spiro atoms. The second-order valence-electron chi connectivity index (χ2n) is 5.47. The summed E-state index contributed by atoms with van der Waals surface area (Å²) in [5, 5.41) is 0. The lowest BCUT2D eigenvalue weighted by molar-refractivity contribution is 0.318. The van der Waals surface area contributed by atoms with Gasteiger partial charge in [-0.3, -0.25) is 4.99 Å². The van der Waals surface area contributed by atoms with Crippen molar-refractivity contribution >= 4 is 15.5 Å². The van der Waals surface area contributed by atoms with Crippen molar-refractivity contribution in [2.75, 3.05) is 0 Å². The number of rotatable bonds is 5. The van der Waals surface area contributed by atoms with Gasteiger partial charge in [-0.25, -0.2) is 0 Å². The Morgan fingerprint density at radius 2 is 2.00 bits per heavy atom. The van der Waals surface area contributed by atoms with Crippen molar-refractivity contribution in [3.05, 3.63) is 24.4 Å². The zero-order valence-corrected chi connectivity index (χ0v) is 12.5. The van der Waals surface area contributed by atoms with Gasteiger partial charge in [0.1, 0.15) is 0 Å². The summed E-state index contributed by atoms with van der Waals surface area (Å²) in [5.41, 5.74) is 2.10. The predicted molar refractivity (Wildman–Crippen MR) is 79.2 cm³/mol. The number of hydrogen-bond donors (Lipinski definition) is 0. The van der Waals surface area contributed by atoms with Gasteiger partial charge in [0.25, 0.3) is 0 Å². The van der Waals surface area contributed by atoms with Crippen LogP contribution in [0.25, 0.3) is 0 Å². The summed E-state index contributed by atoms with van der Waals surface area (Å²) in [6.45, 7) is 14.9. The van der Waals surface area contributed by atoms with E-state index < -0.39 is 0 Å². The lowest BCUT2D eigenvalue weighted by atomic mass is 9.80. The monoisotopic (exact) mass is 239 g/mol. The van der Waals surface area contributed by atoms with Crippen LogP contribution in [0.15, 0.2) is 29.4 Å². The maximum absolute atomic E-state index is 4.21. The van der Waals surface area contributed by atoms with E-state index in [0.717, 1.165) is 6.42 Å². The van der Waals surface area contributed by atoms with E-state index in [1.165, 1.54) is 5.57 Å². The molecule has 16 heavy (non-hydrogen) atoms. The smallest absolute Gasteiger partial charge is 0.0298 e. The molecule has 0 bridgehead atoms. The van der Waals surface area contributed by atoms with E-state index in [4.69, 9.17) is 0 Å². The van der Waals surface area contributed by atoms with Gasteiger partial charge in [-0.05, 0) is 35.9 Å². The molecule has 0 radical (unpaired) electrons. The van der Waals surface area contributed by atoms with Crippen LogP contribution in [0.1, 0.15) is 41.0 Å². The number of nitrogens with zero attached hydrogens (tertiary/aromatic N) is 1. The van der Waals surface area contributed by atoms with Crippen LogP contribution in [0.2, 0.25) is 0 Å². The molecule has 0 fully saturated rings. The van der Waals surface area contributed by atoms with E-state index >= 15 is 0 Å². The quantitative estimate of drug-likeness (QED) is 0.381. The Bertz CT molecular complexity index is 269. The maximum Gasteiger partial charge on any atom is 0.0298 e. The topological polar surface area (TPSA) is 12.4 Å². The molecule has 0 N–H and O–H groups in total. The molecule has 0 heterocycles. The molecule has 92 valence electrons. The van der Waals surface area contributed by atoms with Gasteiger partial charge in [0.2, 0.25) is 0 Å². The van der Waals surface area contributed by atoms with Gasteiger partial charge in [0.05, 0.1) is 0 Å². The van der Waals surface area contributed by atoms with E-state index in [0.29, 0.717) is 17.0 Å². The highest BCUT2D eigenvalue weighted by atomic mass is 31.0. The molecule has 0 amide bonds. The molecular formula is C14H26NP. The average molecular weight is 239 g/mol. The van der Waals surface area contributed by atoms with Crippen molar-refractivity contribution in [2.24, 2.45) is 16.3 Å². The Morgan fingerprint density at radius 3 is 2.31 bits per heavy atom. The van der Waals surface area contributed by atoms with Gasteiger partial charge in [-0.15, -0.1) is 9.24 Å².